The zero-order valence-corrected chi connectivity index (χ0v) is 7.93. The molecule has 2 aliphatic rings. The lowest BCUT2D eigenvalue weighted by Crippen LogP contribution is -2.43. The van der Waals surface area contributed by atoms with Crippen LogP contribution < -0.4 is 5.32 Å². The summed E-state index contributed by atoms with van der Waals surface area (Å²) in [7, 11) is 0. The Bertz CT molecular complexity index is 244. The first-order chi connectivity index (χ1) is 6.10. The lowest BCUT2D eigenvalue weighted by atomic mass is 9.76. The Hall–Kier alpha value is -0.860. The van der Waals surface area contributed by atoms with Crippen LogP contribution in [0.5, 0.6) is 0 Å². The number of amides is 2. The molecule has 2 rings (SSSR count). The molecule has 1 N–H and O–H groups in total. The molecule has 1 aliphatic heterocycles. The summed E-state index contributed by atoms with van der Waals surface area (Å²) in [6.07, 6.45) is 4.38. The third-order valence-corrected chi connectivity index (χ3v) is 3.30. The van der Waals surface area contributed by atoms with Gasteiger partial charge in [-0.2, -0.15) is 0 Å². The van der Waals surface area contributed by atoms with Gasteiger partial charge in [-0.05, 0) is 24.2 Å². The van der Waals surface area contributed by atoms with Crippen LogP contribution in [0.3, 0.4) is 0 Å². The minimum Gasteiger partial charge on any atom is -0.296 e. The largest absolute Gasteiger partial charge is 0.296 e. The zero-order valence-electron chi connectivity index (χ0n) is 7.93. The van der Waals surface area contributed by atoms with E-state index in [0.717, 1.165) is 12.8 Å². The van der Waals surface area contributed by atoms with Crippen molar-refractivity contribution >= 4 is 11.8 Å². The number of rotatable bonds is 0. The molecule has 1 spiro atoms. The SMILES string of the molecule is CC1CCC2(CC(=O)NC(=O)C2)C1. The predicted octanol–water partition coefficient (Wildman–Crippen LogP) is 1.23. The van der Waals surface area contributed by atoms with Crippen molar-refractivity contribution in [3.63, 3.8) is 0 Å². The maximum Gasteiger partial charge on any atom is 0.227 e. The average Bonchev–Trinajstić information content (AvgIpc) is 2.28. The fourth-order valence-electron chi connectivity index (χ4n) is 2.80. The molecule has 2 fully saturated rings. The van der Waals surface area contributed by atoms with Crippen LogP contribution in [0, 0.1) is 11.3 Å². The van der Waals surface area contributed by atoms with Gasteiger partial charge in [-0.25, -0.2) is 0 Å². The summed E-state index contributed by atoms with van der Waals surface area (Å²) in [6, 6.07) is 0. The first kappa shape index (κ1) is 8.73. The summed E-state index contributed by atoms with van der Waals surface area (Å²) in [6.45, 7) is 2.20. The molecule has 3 heteroatoms. The Balaban J connectivity index is 2.14. The summed E-state index contributed by atoms with van der Waals surface area (Å²) in [5, 5.41) is 2.37. The van der Waals surface area contributed by atoms with Gasteiger partial charge in [0.25, 0.3) is 0 Å². The first-order valence-corrected chi connectivity index (χ1v) is 4.92. The highest BCUT2D eigenvalue weighted by atomic mass is 16.2. The van der Waals surface area contributed by atoms with Crippen LogP contribution in [0.1, 0.15) is 39.0 Å². The Morgan fingerprint density at radius 1 is 1.31 bits per heavy atom. The van der Waals surface area contributed by atoms with Gasteiger partial charge in [0.05, 0.1) is 0 Å². The average molecular weight is 181 g/mol. The molecule has 1 atom stereocenters. The number of carbonyl (C=O) groups excluding carboxylic acids is 2. The number of imide groups is 1. The molecule has 1 heterocycles. The molecule has 13 heavy (non-hydrogen) atoms. The fraction of sp³-hybridized carbons (Fsp3) is 0.800. The quantitative estimate of drug-likeness (QED) is 0.571. The summed E-state index contributed by atoms with van der Waals surface area (Å²) in [4.78, 5) is 22.4. The molecule has 0 radical (unpaired) electrons. The second kappa shape index (κ2) is 2.82. The molecule has 0 bridgehead atoms. The van der Waals surface area contributed by atoms with Crippen LogP contribution in [0.15, 0.2) is 0 Å². The highest BCUT2D eigenvalue weighted by Crippen LogP contribution is 2.47. The molecule has 3 nitrogen and oxygen atoms in total. The number of piperidine rings is 1. The van der Waals surface area contributed by atoms with Gasteiger partial charge in [-0.15, -0.1) is 0 Å². The Morgan fingerprint density at radius 3 is 2.38 bits per heavy atom. The van der Waals surface area contributed by atoms with E-state index in [0.29, 0.717) is 18.8 Å². The minimum absolute atomic E-state index is 0.0266. The highest BCUT2D eigenvalue weighted by Gasteiger charge is 2.43. The van der Waals surface area contributed by atoms with E-state index in [2.05, 4.69) is 12.2 Å². The lowest BCUT2D eigenvalue weighted by molar-refractivity contribution is -0.137. The van der Waals surface area contributed by atoms with Crippen LogP contribution in [0.4, 0.5) is 0 Å². The number of carbonyl (C=O) groups is 2. The van der Waals surface area contributed by atoms with Gasteiger partial charge in [0.2, 0.25) is 11.8 Å². The topological polar surface area (TPSA) is 46.2 Å². The third kappa shape index (κ3) is 1.60. The van der Waals surface area contributed by atoms with Crippen LogP contribution in [0.2, 0.25) is 0 Å². The normalized spacial score (nSPS) is 32.2. The van der Waals surface area contributed by atoms with Crippen molar-refractivity contribution in [1.29, 1.82) is 0 Å². The Kier molecular flexibility index (Phi) is 1.90. The molecule has 72 valence electrons. The summed E-state index contributed by atoms with van der Waals surface area (Å²) < 4.78 is 0. The molecule has 0 aromatic heterocycles. The van der Waals surface area contributed by atoms with Crippen molar-refractivity contribution in [2.75, 3.05) is 0 Å². The van der Waals surface area contributed by atoms with E-state index in [1.807, 2.05) is 0 Å². The van der Waals surface area contributed by atoms with Gasteiger partial charge in [0, 0.05) is 12.8 Å². The summed E-state index contributed by atoms with van der Waals surface area (Å²) in [5.74, 6) is 0.523. The van der Waals surface area contributed by atoms with E-state index in [1.165, 1.54) is 6.42 Å². The van der Waals surface area contributed by atoms with Gasteiger partial charge in [-0.1, -0.05) is 13.3 Å². The minimum atomic E-state index is -0.0784. The van der Waals surface area contributed by atoms with Gasteiger partial charge >= 0.3 is 0 Å². The molecule has 0 aromatic carbocycles. The molecular formula is C10H15NO2. The molecule has 1 saturated carbocycles. The van der Waals surface area contributed by atoms with Gasteiger partial charge in [0.15, 0.2) is 0 Å². The van der Waals surface area contributed by atoms with Crippen molar-refractivity contribution in [1.82, 2.24) is 5.32 Å². The maximum atomic E-state index is 11.2. The van der Waals surface area contributed by atoms with E-state index in [1.54, 1.807) is 0 Å². The summed E-state index contributed by atoms with van der Waals surface area (Å²) in [5.41, 5.74) is 0.0266. The molecule has 1 saturated heterocycles. The second-order valence-corrected chi connectivity index (χ2v) is 4.67. The van der Waals surface area contributed by atoms with E-state index < -0.39 is 0 Å². The standard InChI is InChI=1S/C10H15NO2/c1-7-2-3-10(4-7)5-8(12)11-9(13)6-10/h7H,2-6H2,1H3,(H,11,12,13). The molecule has 1 aliphatic carbocycles. The van der Waals surface area contributed by atoms with Gasteiger partial charge in [0.1, 0.15) is 0 Å². The van der Waals surface area contributed by atoms with Gasteiger partial charge < -0.3 is 0 Å². The second-order valence-electron chi connectivity index (χ2n) is 4.67. The zero-order chi connectivity index (χ0) is 9.47. The van der Waals surface area contributed by atoms with Crippen molar-refractivity contribution in [2.45, 2.75) is 39.0 Å². The number of hydrogen-bond donors (Lipinski definition) is 1. The Labute approximate surface area is 77.9 Å². The van der Waals surface area contributed by atoms with E-state index >= 15 is 0 Å². The maximum absolute atomic E-state index is 11.2. The molecular weight excluding hydrogens is 166 g/mol. The Morgan fingerprint density at radius 2 is 1.92 bits per heavy atom. The monoisotopic (exact) mass is 181 g/mol. The van der Waals surface area contributed by atoms with Crippen LogP contribution >= 0.6 is 0 Å². The van der Waals surface area contributed by atoms with Crippen LogP contribution in [-0.4, -0.2) is 11.8 Å². The van der Waals surface area contributed by atoms with Crippen molar-refractivity contribution in [2.24, 2.45) is 11.3 Å². The summed E-state index contributed by atoms with van der Waals surface area (Å²) >= 11 is 0. The third-order valence-electron chi connectivity index (χ3n) is 3.30. The fourth-order valence-corrected chi connectivity index (χ4v) is 2.80. The van der Waals surface area contributed by atoms with Crippen molar-refractivity contribution in [3.05, 3.63) is 0 Å². The highest BCUT2D eigenvalue weighted by molar-refractivity contribution is 5.98. The predicted molar refractivity (Wildman–Crippen MR) is 47.8 cm³/mol. The molecule has 2 amide bonds. The van der Waals surface area contributed by atoms with Crippen LogP contribution in [0.25, 0.3) is 0 Å². The number of hydrogen-bond acceptors (Lipinski definition) is 2. The lowest BCUT2D eigenvalue weighted by Gasteiger charge is -2.31. The van der Waals surface area contributed by atoms with Crippen LogP contribution in [-0.2, 0) is 9.59 Å². The van der Waals surface area contributed by atoms with E-state index in [9.17, 15) is 9.59 Å². The van der Waals surface area contributed by atoms with Crippen molar-refractivity contribution in [3.8, 4) is 0 Å². The first-order valence-electron chi connectivity index (χ1n) is 4.92. The van der Waals surface area contributed by atoms with E-state index in [4.69, 9.17) is 0 Å². The molecule has 1 unspecified atom stereocenters. The molecule has 0 aromatic rings. The van der Waals surface area contributed by atoms with E-state index in [-0.39, 0.29) is 17.2 Å². The smallest absolute Gasteiger partial charge is 0.227 e. The number of nitrogens with one attached hydrogen (secondary N) is 1. The van der Waals surface area contributed by atoms with Gasteiger partial charge in [-0.3, -0.25) is 14.9 Å². The van der Waals surface area contributed by atoms with Crippen molar-refractivity contribution < 1.29 is 9.59 Å².